The van der Waals surface area contributed by atoms with Gasteiger partial charge in [0.05, 0.1) is 7.11 Å². The minimum atomic E-state index is -0.226. The molecule has 5 nitrogen and oxygen atoms in total. The van der Waals surface area contributed by atoms with Crippen LogP contribution in [0.25, 0.3) is 0 Å². The monoisotopic (exact) mass is 245 g/mol. The van der Waals surface area contributed by atoms with Crippen LogP contribution in [0.2, 0.25) is 0 Å². The van der Waals surface area contributed by atoms with E-state index in [1.165, 1.54) is 0 Å². The number of nitrogens with one attached hydrogen (secondary N) is 1. The molecule has 1 amide bonds. The topological polar surface area (TPSA) is 56.2 Å². The summed E-state index contributed by atoms with van der Waals surface area (Å²) in [7, 11) is 1.59. The van der Waals surface area contributed by atoms with Crippen molar-refractivity contribution in [2.45, 2.75) is 13.5 Å². The van der Waals surface area contributed by atoms with Crippen LogP contribution in [0, 0.1) is 0 Å². The van der Waals surface area contributed by atoms with Crippen LogP contribution in [0.5, 0.6) is 5.75 Å². The van der Waals surface area contributed by atoms with Crippen LogP contribution < -0.4 is 10.1 Å². The summed E-state index contributed by atoms with van der Waals surface area (Å²) in [6.07, 6.45) is 1.78. The Balaban J connectivity index is 2.10. The molecule has 1 heterocycles. The Labute approximate surface area is 105 Å². The molecule has 5 heteroatoms. The zero-order valence-corrected chi connectivity index (χ0v) is 10.4. The molecular weight excluding hydrogens is 230 g/mol. The lowest BCUT2D eigenvalue weighted by atomic mass is 10.3. The maximum Gasteiger partial charge on any atom is 0.276 e. The van der Waals surface area contributed by atoms with E-state index in [0.717, 1.165) is 6.54 Å². The van der Waals surface area contributed by atoms with Crippen molar-refractivity contribution < 1.29 is 9.53 Å². The second-order valence-corrected chi connectivity index (χ2v) is 3.74. The Morgan fingerprint density at radius 2 is 2.28 bits per heavy atom. The average Bonchev–Trinajstić information content (AvgIpc) is 2.88. The Morgan fingerprint density at radius 3 is 2.94 bits per heavy atom. The maximum absolute atomic E-state index is 11.9. The predicted molar refractivity (Wildman–Crippen MR) is 68.8 cm³/mol. The number of rotatable bonds is 4. The standard InChI is InChI=1S/C13H15N3O2/c1-3-16-8-7-12(15-16)13(17)14-10-5-4-6-11(9-10)18-2/h4-9H,3H2,1-2H3,(H,14,17). The van der Waals surface area contributed by atoms with E-state index in [1.54, 1.807) is 36.2 Å². The molecule has 94 valence electrons. The Hall–Kier alpha value is -2.30. The lowest BCUT2D eigenvalue weighted by molar-refractivity contribution is 0.102. The molecule has 1 aromatic carbocycles. The number of benzene rings is 1. The molecule has 0 aliphatic rings. The van der Waals surface area contributed by atoms with Gasteiger partial charge in [0.2, 0.25) is 0 Å². The first-order valence-electron chi connectivity index (χ1n) is 5.72. The molecule has 0 bridgehead atoms. The summed E-state index contributed by atoms with van der Waals surface area (Å²) in [6.45, 7) is 2.71. The van der Waals surface area contributed by atoms with Gasteiger partial charge in [-0.3, -0.25) is 9.48 Å². The van der Waals surface area contributed by atoms with Crippen LogP contribution in [0.15, 0.2) is 36.5 Å². The van der Waals surface area contributed by atoms with Crippen molar-refractivity contribution in [3.63, 3.8) is 0 Å². The molecule has 0 unspecified atom stereocenters. The fourth-order valence-corrected chi connectivity index (χ4v) is 1.55. The molecule has 0 aliphatic heterocycles. The highest BCUT2D eigenvalue weighted by atomic mass is 16.5. The molecule has 2 aromatic rings. The summed E-state index contributed by atoms with van der Waals surface area (Å²) in [4.78, 5) is 11.9. The zero-order valence-electron chi connectivity index (χ0n) is 10.4. The summed E-state index contributed by atoms with van der Waals surface area (Å²) < 4.78 is 6.80. The minimum Gasteiger partial charge on any atom is -0.497 e. The van der Waals surface area contributed by atoms with E-state index in [1.807, 2.05) is 19.1 Å². The lowest BCUT2D eigenvalue weighted by Gasteiger charge is -2.05. The first-order valence-corrected chi connectivity index (χ1v) is 5.72. The summed E-state index contributed by atoms with van der Waals surface area (Å²) in [6, 6.07) is 8.89. The van der Waals surface area contributed by atoms with Crippen LogP contribution in [0.1, 0.15) is 17.4 Å². The molecule has 18 heavy (non-hydrogen) atoms. The maximum atomic E-state index is 11.9. The van der Waals surface area contributed by atoms with E-state index >= 15 is 0 Å². The molecular formula is C13H15N3O2. The minimum absolute atomic E-state index is 0.226. The molecule has 0 aliphatic carbocycles. The number of methoxy groups -OCH3 is 1. The molecule has 1 aromatic heterocycles. The van der Waals surface area contributed by atoms with Gasteiger partial charge in [0.15, 0.2) is 5.69 Å². The van der Waals surface area contributed by atoms with Gasteiger partial charge in [-0.25, -0.2) is 0 Å². The van der Waals surface area contributed by atoms with Gasteiger partial charge in [0.25, 0.3) is 5.91 Å². The molecule has 0 saturated carbocycles. The second kappa shape index (κ2) is 5.35. The molecule has 0 spiro atoms. The lowest BCUT2D eigenvalue weighted by Crippen LogP contribution is -2.13. The Kier molecular flexibility index (Phi) is 3.62. The largest absolute Gasteiger partial charge is 0.497 e. The van der Waals surface area contributed by atoms with Crippen molar-refractivity contribution in [3.05, 3.63) is 42.2 Å². The van der Waals surface area contributed by atoms with E-state index in [-0.39, 0.29) is 5.91 Å². The summed E-state index contributed by atoms with van der Waals surface area (Å²) >= 11 is 0. The SMILES string of the molecule is CCn1ccc(C(=O)Nc2cccc(OC)c2)n1. The molecule has 0 fully saturated rings. The van der Waals surface area contributed by atoms with Gasteiger partial charge in [0, 0.05) is 24.5 Å². The normalized spacial score (nSPS) is 10.1. The number of ether oxygens (including phenoxy) is 1. The molecule has 1 N–H and O–H groups in total. The van der Waals surface area contributed by atoms with Crippen molar-refractivity contribution in [2.75, 3.05) is 12.4 Å². The highest BCUT2D eigenvalue weighted by Gasteiger charge is 2.09. The number of hydrogen-bond donors (Lipinski definition) is 1. The number of anilines is 1. The number of nitrogens with zero attached hydrogens (tertiary/aromatic N) is 2. The number of aryl methyl sites for hydroxylation is 1. The number of amides is 1. The summed E-state index contributed by atoms with van der Waals surface area (Å²) in [5.41, 5.74) is 1.09. The predicted octanol–water partition coefficient (Wildman–Crippen LogP) is 2.16. The van der Waals surface area contributed by atoms with Gasteiger partial charge in [-0.15, -0.1) is 0 Å². The third kappa shape index (κ3) is 2.68. The van der Waals surface area contributed by atoms with Gasteiger partial charge < -0.3 is 10.1 Å². The van der Waals surface area contributed by atoms with Gasteiger partial charge in [-0.1, -0.05) is 6.07 Å². The second-order valence-electron chi connectivity index (χ2n) is 3.74. The van der Waals surface area contributed by atoms with Crippen LogP contribution in [0.3, 0.4) is 0 Å². The van der Waals surface area contributed by atoms with E-state index in [0.29, 0.717) is 17.1 Å². The van der Waals surface area contributed by atoms with Crippen LogP contribution in [-0.2, 0) is 6.54 Å². The molecule has 0 radical (unpaired) electrons. The van der Waals surface area contributed by atoms with Crippen LogP contribution in [0.4, 0.5) is 5.69 Å². The summed E-state index contributed by atoms with van der Waals surface area (Å²) in [5.74, 6) is 0.474. The van der Waals surface area contributed by atoms with Crippen LogP contribution in [-0.4, -0.2) is 22.8 Å². The van der Waals surface area contributed by atoms with Crippen molar-refractivity contribution in [1.29, 1.82) is 0 Å². The summed E-state index contributed by atoms with van der Waals surface area (Å²) in [5, 5.41) is 6.92. The van der Waals surface area contributed by atoms with Gasteiger partial charge in [0.1, 0.15) is 5.75 Å². The smallest absolute Gasteiger partial charge is 0.276 e. The fraction of sp³-hybridized carbons (Fsp3) is 0.231. The van der Waals surface area contributed by atoms with Crippen molar-refractivity contribution >= 4 is 11.6 Å². The van der Waals surface area contributed by atoms with Crippen LogP contribution >= 0.6 is 0 Å². The van der Waals surface area contributed by atoms with E-state index in [9.17, 15) is 4.79 Å². The van der Waals surface area contributed by atoms with E-state index in [4.69, 9.17) is 4.74 Å². The Bertz CT molecular complexity index is 549. The molecule has 0 atom stereocenters. The highest BCUT2D eigenvalue weighted by molar-refractivity contribution is 6.02. The first kappa shape index (κ1) is 12.2. The zero-order chi connectivity index (χ0) is 13.0. The quantitative estimate of drug-likeness (QED) is 0.898. The van der Waals surface area contributed by atoms with E-state index < -0.39 is 0 Å². The number of carbonyl (C=O) groups is 1. The number of hydrogen-bond acceptors (Lipinski definition) is 3. The van der Waals surface area contributed by atoms with Gasteiger partial charge >= 0.3 is 0 Å². The average molecular weight is 245 g/mol. The Morgan fingerprint density at radius 1 is 1.44 bits per heavy atom. The van der Waals surface area contributed by atoms with Gasteiger partial charge in [-0.05, 0) is 25.1 Å². The third-order valence-corrected chi connectivity index (χ3v) is 2.52. The van der Waals surface area contributed by atoms with Crippen molar-refractivity contribution in [3.8, 4) is 5.75 Å². The molecule has 2 rings (SSSR count). The van der Waals surface area contributed by atoms with Gasteiger partial charge in [-0.2, -0.15) is 5.10 Å². The van der Waals surface area contributed by atoms with Crippen molar-refractivity contribution in [2.24, 2.45) is 0 Å². The fourth-order valence-electron chi connectivity index (χ4n) is 1.55. The number of aromatic nitrogens is 2. The van der Waals surface area contributed by atoms with Crippen molar-refractivity contribution in [1.82, 2.24) is 9.78 Å². The van der Waals surface area contributed by atoms with E-state index in [2.05, 4.69) is 10.4 Å². The number of carbonyl (C=O) groups excluding carboxylic acids is 1. The third-order valence-electron chi connectivity index (χ3n) is 2.52. The first-order chi connectivity index (χ1) is 8.72. The highest BCUT2D eigenvalue weighted by Crippen LogP contribution is 2.17. The molecule has 0 saturated heterocycles.